The van der Waals surface area contributed by atoms with E-state index in [4.69, 9.17) is 4.74 Å². The van der Waals surface area contributed by atoms with Gasteiger partial charge in [0.15, 0.2) is 0 Å². The molecular weight excluding hydrogens is 430 g/mol. The molecule has 2 atom stereocenters. The lowest BCUT2D eigenvalue weighted by Gasteiger charge is -2.43. The van der Waals surface area contributed by atoms with Crippen LogP contribution in [0.2, 0.25) is 0 Å². The van der Waals surface area contributed by atoms with Crippen LogP contribution in [0.3, 0.4) is 0 Å². The Kier molecular flexibility index (Phi) is 5.92. The minimum absolute atomic E-state index is 0.00190. The third-order valence-electron chi connectivity index (χ3n) is 6.71. The lowest BCUT2D eigenvalue weighted by Crippen LogP contribution is -2.49. The molecule has 5 rings (SSSR count). The molecule has 2 aliphatic rings. The van der Waals surface area contributed by atoms with E-state index in [1.165, 1.54) is 0 Å². The molecule has 7 heteroatoms. The number of hydrogen-bond acceptors (Lipinski definition) is 4. The molecule has 7 nitrogen and oxygen atoms in total. The molecular formula is C27H27N3O4. The van der Waals surface area contributed by atoms with Gasteiger partial charge in [-0.25, -0.2) is 0 Å². The van der Waals surface area contributed by atoms with E-state index in [0.717, 1.165) is 17.7 Å². The topological polar surface area (TPSA) is 80.6 Å². The van der Waals surface area contributed by atoms with Crippen LogP contribution >= 0.6 is 0 Å². The van der Waals surface area contributed by atoms with Crippen LogP contribution in [0, 0.1) is 5.92 Å². The molecule has 1 aromatic heterocycles. The Morgan fingerprint density at radius 2 is 1.74 bits per heavy atom. The van der Waals surface area contributed by atoms with Crippen molar-refractivity contribution < 1.29 is 14.3 Å². The number of rotatable bonds is 5. The molecule has 2 aliphatic heterocycles. The van der Waals surface area contributed by atoms with Crippen molar-refractivity contribution in [1.29, 1.82) is 0 Å². The van der Waals surface area contributed by atoms with E-state index in [2.05, 4.69) is 5.32 Å². The monoisotopic (exact) mass is 457 g/mol. The van der Waals surface area contributed by atoms with Gasteiger partial charge in [-0.3, -0.25) is 14.4 Å². The summed E-state index contributed by atoms with van der Waals surface area (Å²) in [6.45, 7) is 1.72. The average Bonchev–Trinajstić information content (AvgIpc) is 2.86. The zero-order valence-corrected chi connectivity index (χ0v) is 19.1. The highest BCUT2D eigenvalue weighted by Crippen LogP contribution is 2.36. The Hall–Kier alpha value is -3.87. The van der Waals surface area contributed by atoms with Crippen molar-refractivity contribution in [2.24, 2.45) is 5.92 Å². The fourth-order valence-corrected chi connectivity index (χ4v) is 5.10. The number of fused-ring (bicyclic) bond motifs is 4. The molecule has 174 valence electrons. The molecule has 0 saturated carbocycles. The van der Waals surface area contributed by atoms with E-state index in [1.54, 1.807) is 42.0 Å². The van der Waals surface area contributed by atoms with Gasteiger partial charge in [0.05, 0.1) is 13.5 Å². The number of amides is 2. The number of likely N-dealkylation sites (tertiary alicyclic amines) is 1. The quantitative estimate of drug-likeness (QED) is 0.638. The number of anilines is 1. The summed E-state index contributed by atoms with van der Waals surface area (Å²) in [5, 5.41) is 2.79. The Morgan fingerprint density at radius 1 is 0.971 bits per heavy atom. The number of benzene rings is 2. The van der Waals surface area contributed by atoms with E-state index >= 15 is 0 Å². The molecule has 1 N–H and O–H groups in total. The number of ether oxygens (including phenoxy) is 1. The average molecular weight is 458 g/mol. The zero-order chi connectivity index (χ0) is 23.7. The van der Waals surface area contributed by atoms with Crippen molar-refractivity contribution in [3.63, 3.8) is 0 Å². The summed E-state index contributed by atoms with van der Waals surface area (Å²) < 4.78 is 6.97. The second-order valence-corrected chi connectivity index (χ2v) is 9.04. The molecule has 1 fully saturated rings. The molecule has 2 amide bonds. The first-order valence-corrected chi connectivity index (χ1v) is 11.5. The summed E-state index contributed by atoms with van der Waals surface area (Å²) in [6, 6.07) is 20.2. The fourth-order valence-electron chi connectivity index (χ4n) is 5.10. The van der Waals surface area contributed by atoms with E-state index in [9.17, 15) is 14.4 Å². The summed E-state index contributed by atoms with van der Waals surface area (Å²) in [5.74, 6) is 0.791. The van der Waals surface area contributed by atoms with Crippen LogP contribution in [0.5, 0.6) is 5.75 Å². The molecule has 3 aromatic rings. The van der Waals surface area contributed by atoms with E-state index in [0.29, 0.717) is 36.6 Å². The standard InChI is InChI=1S/C27H27N3O4/c1-34-22-9-7-20(8-10-22)26(32)29-15-19-13-21(17-29)24-12-11-23(27(33)30(24)16-19)28-25(31)14-18-5-3-2-4-6-18/h2-12,19,21H,13-17H2,1H3,(H,28,31). The summed E-state index contributed by atoms with van der Waals surface area (Å²) in [5.41, 5.74) is 2.58. The first-order chi connectivity index (χ1) is 16.5. The summed E-state index contributed by atoms with van der Waals surface area (Å²) in [6.07, 6.45) is 1.17. The second-order valence-electron chi connectivity index (χ2n) is 9.04. The van der Waals surface area contributed by atoms with Crippen LogP contribution in [-0.2, 0) is 17.8 Å². The smallest absolute Gasteiger partial charge is 0.274 e. The lowest BCUT2D eigenvalue weighted by atomic mass is 9.83. The second kappa shape index (κ2) is 9.17. The van der Waals surface area contributed by atoms with Gasteiger partial charge >= 0.3 is 0 Å². The largest absolute Gasteiger partial charge is 0.497 e. The maximum absolute atomic E-state index is 13.2. The molecule has 0 radical (unpaired) electrons. The number of carbonyl (C=O) groups excluding carboxylic acids is 2. The predicted molar refractivity (Wildman–Crippen MR) is 129 cm³/mol. The first kappa shape index (κ1) is 21.9. The van der Waals surface area contributed by atoms with Gasteiger partial charge in [0, 0.05) is 36.8 Å². The number of carbonyl (C=O) groups is 2. The predicted octanol–water partition coefficient (Wildman–Crippen LogP) is 3.30. The number of pyridine rings is 1. The van der Waals surface area contributed by atoms with Crippen molar-refractivity contribution in [2.75, 3.05) is 25.5 Å². The fraction of sp³-hybridized carbons (Fsp3) is 0.296. The van der Waals surface area contributed by atoms with Crippen LogP contribution in [-0.4, -0.2) is 41.5 Å². The van der Waals surface area contributed by atoms with Crippen LogP contribution in [0.4, 0.5) is 5.69 Å². The van der Waals surface area contributed by atoms with Crippen molar-refractivity contribution in [3.05, 3.63) is 93.9 Å². The van der Waals surface area contributed by atoms with Gasteiger partial charge in [0.25, 0.3) is 11.5 Å². The van der Waals surface area contributed by atoms with Gasteiger partial charge in [0.2, 0.25) is 5.91 Å². The van der Waals surface area contributed by atoms with Crippen LogP contribution in [0.25, 0.3) is 0 Å². The Bertz CT molecular complexity index is 1270. The van der Waals surface area contributed by atoms with Crippen molar-refractivity contribution >= 4 is 17.5 Å². The first-order valence-electron chi connectivity index (χ1n) is 11.5. The van der Waals surface area contributed by atoms with Gasteiger partial charge in [-0.2, -0.15) is 0 Å². The Balaban J connectivity index is 1.32. The van der Waals surface area contributed by atoms with E-state index < -0.39 is 0 Å². The van der Waals surface area contributed by atoms with Gasteiger partial charge < -0.3 is 19.5 Å². The Morgan fingerprint density at radius 3 is 2.47 bits per heavy atom. The van der Waals surface area contributed by atoms with Gasteiger partial charge in [0.1, 0.15) is 11.4 Å². The van der Waals surface area contributed by atoms with E-state index in [-0.39, 0.29) is 35.6 Å². The number of nitrogens with one attached hydrogen (secondary N) is 1. The summed E-state index contributed by atoms with van der Waals surface area (Å²) in [7, 11) is 1.60. The minimum atomic E-state index is -0.212. The zero-order valence-electron chi connectivity index (χ0n) is 19.1. The maximum atomic E-state index is 13.2. The third kappa shape index (κ3) is 4.33. The van der Waals surface area contributed by atoms with Crippen molar-refractivity contribution in [1.82, 2.24) is 9.47 Å². The molecule has 0 aliphatic carbocycles. The third-order valence-corrected chi connectivity index (χ3v) is 6.71. The SMILES string of the molecule is COc1ccc(C(=O)N2CC3CC(C2)c2ccc(NC(=O)Cc4ccccc4)c(=O)n2C3)cc1. The Labute approximate surface area is 198 Å². The van der Waals surface area contributed by atoms with Crippen LogP contribution in [0.15, 0.2) is 71.5 Å². The highest BCUT2D eigenvalue weighted by molar-refractivity contribution is 5.94. The lowest BCUT2D eigenvalue weighted by molar-refractivity contribution is -0.115. The summed E-state index contributed by atoms with van der Waals surface area (Å²) >= 11 is 0. The number of hydrogen-bond donors (Lipinski definition) is 1. The van der Waals surface area contributed by atoms with Crippen molar-refractivity contribution in [2.45, 2.75) is 25.3 Å². The molecule has 3 heterocycles. The molecule has 2 bridgehead atoms. The molecule has 2 aromatic carbocycles. The molecule has 2 unspecified atom stereocenters. The van der Waals surface area contributed by atoms with Gasteiger partial charge in [-0.05, 0) is 54.3 Å². The van der Waals surface area contributed by atoms with Crippen molar-refractivity contribution in [3.8, 4) is 5.75 Å². The van der Waals surface area contributed by atoms with Gasteiger partial charge in [-0.15, -0.1) is 0 Å². The number of aromatic nitrogens is 1. The maximum Gasteiger partial charge on any atom is 0.274 e. The van der Waals surface area contributed by atoms with Crippen LogP contribution < -0.4 is 15.6 Å². The normalized spacial score (nSPS) is 18.7. The highest BCUT2D eigenvalue weighted by atomic mass is 16.5. The van der Waals surface area contributed by atoms with Gasteiger partial charge in [-0.1, -0.05) is 30.3 Å². The number of nitrogens with zero attached hydrogens (tertiary/aromatic N) is 2. The molecule has 1 saturated heterocycles. The minimum Gasteiger partial charge on any atom is -0.497 e. The molecule has 34 heavy (non-hydrogen) atoms. The number of methoxy groups -OCH3 is 1. The van der Waals surface area contributed by atoms with E-state index in [1.807, 2.05) is 41.3 Å². The highest BCUT2D eigenvalue weighted by Gasteiger charge is 2.37. The molecule has 0 spiro atoms. The van der Waals surface area contributed by atoms with Crippen LogP contribution in [0.1, 0.15) is 34.0 Å². The summed E-state index contributed by atoms with van der Waals surface area (Å²) in [4.78, 5) is 40.7. The number of piperidine rings is 1.